The number of rotatable bonds is 14. The smallest absolute Gasteiger partial charge is 0.303 e. The van der Waals surface area contributed by atoms with Crippen molar-refractivity contribution < 1.29 is 23.1 Å². The number of carbonyl (C=O) groups is 1. The Bertz CT molecular complexity index is 876. The molecule has 9 heteroatoms. The maximum atomic E-state index is 12.3. The first-order valence-electron chi connectivity index (χ1n) is 9.86. The third-order valence-electron chi connectivity index (χ3n) is 4.65. The zero-order valence-corrected chi connectivity index (χ0v) is 18.2. The minimum atomic E-state index is -3.56. The first kappa shape index (κ1) is 24.1. The molecule has 0 unspecified atom stereocenters. The van der Waals surface area contributed by atoms with Crippen molar-refractivity contribution in [1.82, 2.24) is 9.71 Å². The van der Waals surface area contributed by atoms with E-state index in [1.807, 2.05) is 6.07 Å². The maximum Gasteiger partial charge on any atom is 0.303 e. The fourth-order valence-corrected chi connectivity index (χ4v) is 4.20. The topological polar surface area (TPSA) is 106 Å². The van der Waals surface area contributed by atoms with Gasteiger partial charge in [0.25, 0.3) is 0 Å². The second-order valence-electron chi connectivity index (χ2n) is 6.97. The van der Waals surface area contributed by atoms with Gasteiger partial charge >= 0.3 is 5.97 Å². The largest absolute Gasteiger partial charge is 0.492 e. The highest BCUT2D eigenvalue weighted by Crippen LogP contribution is 2.20. The molecule has 30 heavy (non-hydrogen) atoms. The van der Waals surface area contributed by atoms with Gasteiger partial charge in [-0.05, 0) is 61.6 Å². The molecular weight excluding hydrogens is 428 g/mol. The minimum absolute atomic E-state index is 0.112. The molecule has 0 fully saturated rings. The van der Waals surface area contributed by atoms with Crippen LogP contribution in [0.15, 0.2) is 53.7 Å². The van der Waals surface area contributed by atoms with E-state index < -0.39 is 16.0 Å². The minimum Gasteiger partial charge on any atom is -0.492 e. The van der Waals surface area contributed by atoms with Gasteiger partial charge in [0, 0.05) is 24.2 Å². The molecule has 164 valence electrons. The van der Waals surface area contributed by atoms with Crippen LogP contribution in [0.2, 0.25) is 5.02 Å². The van der Waals surface area contributed by atoms with E-state index in [1.165, 1.54) is 24.3 Å². The van der Waals surface area contributed by atoms with Crippen LogP contribution in [-0.2, 0) is 14.8 Å². The summed E-state index contributed by atoms with van der Waals surface area (Å²) in [6.45, 7) is 0.808. The van der Waals surface area contributed by atoms with Gasteiger partial charge in [0.2, 0.25) is 10.0 Å². The van der Waals surface area contributed by atoms with E-state index in [0.717, 1.165) is 19.3 Å². The second-order valence-corrected chi connectivity index (χ2v) is 9.18. The van der Waals surface area contributed by atoms with E-state index >= 15 is 0 Å². The summed E-state index contributed by atoms with van der Waals surface area (Å²) in [6.07, 6.45) is 7.00. The van der Waals surface area contributed by atoms with Gasteiger partial charge in [-0.25, -0.2) is 13.1 Å². The molecule has 1 aromatic carbocycles. The fraction of sp³-hybridized carbons (Fsp3) is 0.429. The highest BCUT2D eigenvalue weighted by molar-refractivity contribution is 7.89. The third kappa shape index (κ3) is 9.11. The first-order valence-corrected chi connectivity index (χ1v) is 11.7. The van der Waals surface area contributed by atoms with Crippen LogP contribution in [0.5, 0.6) is 5.75 Å². The summed E-state index contributed by atoms with van der Waals surface area (Å²) in [4.78, 5) is 15.1. The van der Waals surface area contributed by atoms with Gasteiger partial charge in [-0.2, -0.15) is 0 Å². The van der Waals surface area contributed by atoms with Crippen molar-refractivity contribution in [3.63, 3.8) is 0 Å². The molecule has 1 aromatic heterocycles. The molecule has 1 atom stereocenters. The standard InChI is InChI=1S/C21H27ClN2O5S/c22-18-7-9-20(10-8-18)30(27,28)24-14-2-1-4-17(6-11-21(25)26)12-15-29-19-5-3-13-23-16-19/h3,5,7-10,13,16-17,24H,1-2,4,6,11-12,14-15H2,(H,25,26)/t17-/m0/s1. The van der Waals surface area contributed by atoms with E-state index in [1.54, 1.807) is 18.5 Å². The summed E-state index contributed by atoms with van der Waals surface area (Å²) in [5.41, 5.74) is 0. The van der Waals surface area contributed by atoms with Crippen molar-refractivity contribution in [3.8, 4) is 5.75 Å². The van der Waals surface area contributed by atoms with Crippen LogP contribution in [0.25, 0.3) is 0 Å². The summed E-state index contributed by atoms with van der Waals surface area (Å²) >= 11 is 5.79. The van der Waals surface area contributed by atoms with Crippen LogP contribution in [0.4, 0.5) is 0 Å². The lowest BCUT2D eigenvalue weighted by atomic mass is 9.94. The van der Waals surface area contributed by atoms with E-state index in [2.05, 4.69) is 9.71 Å². The van der Waals surface area contributed by atoms with E-state index in [9.17, 15) is 13.2 Å². The zero-order chi connectivity index (χ0) is 21.8. The lowest BCUT2D eigenvalue weighted by Gasteiger charge is -2.16. The highest BCUT2D eigenvalue weighted by atomic mass is 35.5. The van der Waals surface area contributed by atoms with Gasteiger partial charge < -0.3 is 9.84 Å². The molecule has 1 heterocycles. The van der Waals surface area contributed by atoms with Gasteiger partial charge in [0.15, 0.2) is 0 Å². The molecule has 0 amide bonds. The van der Waals surface area contributed by atoms with E-state index in [-0.39, 0.29) is 17.2 Å². The number of benzene rings is 1. The van der Waals surface area contributed by atoms with Gasteiger partial charge in [-0.1, -0.05) is 24.4 Å². The van der Waals surface area contributed by atoms with Crippen LogP contribution in [-0.4, -0.2) is 37.6 Å². The number of unbranched alkanes of at least 4 members (excludes halogenated alkanes) is 1. The van der Waals surface area contributed by atoms with Gasteiger partial charge in [-0.15, -0.1) is 0 Å². The van der Waals surface area contributed by atoms with Crippen molar-refractivity contribution in [2.75, 3.05) is 13.2 Å². The van der Waals surface area contributed by atoms with Gasteiger partial charge in [-0.3, -0.25) is 9.78 Å². The highest BCUT2D eigenvalue weighted by Gasteiger charge is 2.14. The molecule has 0 saturated heterocycles. The Morgan fingerprint density at radius 2 is 1.90 bits per heavy atom. The summed E-state index contributed by atoms with van der Waals surface area (Å²) < 4.78 is 32.8. The lowest BCUT2D eigenvalue weighted by molar-refractivity contribution is -0.137. The normalized spacial score (nSPS) is 12.4. The number of hydrogen-bond donors (Lipinski definition) is 2. The van der Waals surface area contributed by atoms with Crippen molar-refractivity contribution in [1.29, 1.82) is 0 Å². The van der Waals surface area contributed by atoms with Gasteiger partial charge in [0.05, 0.1) is 17.7 Å². The predicted octanol–water partition coefficient (Wildman–Crippen LogP) is 4.13. The summed E-state index contributed by atoms with van der Waals surface area (Å²) in [5.74, 6) is 0.0700. The number of halogens is 1. The Morgan fingerprint density at radius 3 is 2.57 bits per heavy atom. The van der Waals surface area contributed by atoms with Crippen LogP contribution in [0, 0.1) is 5.92 Å². The molecule has 7 nitrogen and oxygen atoms in total. The van der Waals surface area contributed by atoms with E-state index in [4.69, 9.17) is 21.4 Å². The summed E-state index contributed by atoms with van der Waals surface area (Å²) in [7, 11) is -3.56. The monoisotopic (exact) mass is 454 g/mol. The SMILES string of the molecule is O=C(O)CC[C@H](CCCCNS(=O)(=O)c1ccc(Cl)cc1)CCOc1cccnc1. The first-order chi connectivity index (χ1) is 14.4. The molecule has 0 spiro atoms. The summed E-state index contributed by atoms with van der Waals surface area (Å²) in [6, 6.07) is 9.63. The fourth-order valence-electron chi connectivity index (χ4n) is 3.00. The number of ether oxygens (including phenoxy) is 1. The molecule has 2 N–H and O–H groups in total. The average molecular weight is 455 g/mol. The van der Waals surface area contributed by atoms with Crippen LogP contribution < -0.4 is 9.46 Å². The summed E-state index contributed by atoms with van der Waals surface area (Å²) in [5, 5.41) is 9.45. The number of sulfonamides is 1. The Kier molecular flexibility index (Phi) is 10.1. The third-order valence-corrected chi connectivity index (χ3v) is 6.38. The molecule has 0 aliphatic heterocycles. The molecule has 0 aliphatic carbocycles. The number of carboxylic acid groups (broad SMARTS) is 1. The number of nitrogens with one attached hydrogen (secondary N) is 1. The average Bonchev–Trinajstić information content (AvgIpc) is 2.72. The lowest BCUT2D eigenvalue weighted by Crippen LogP contribution is -2.24. The quantitative estimate of drug-likeness (QED) is 0.416. The Labute approximate surface area is 182 Å². The zero-order valence-electron chi connectivity index (χ0n) is 16.7. The van der Waals surface area contributed by atoms with Crippen molar-refractivity contribution in [3.05, 3.63) is 53.8 Å². The number of aliphatic carboxylic acids is 1. The Hall–Kier alpha value is -2.16. The molecule has 0 bridgehead atoms. The number of pyridine rings is 1. The maximum absolute atomic E-state index is 12.3. The molecule has 0 aliphatic rings. The molecule has 0 saturated carbocycles. The second kappa shape index (κ2) is 12.5. The number of hydrogen-bond acceptors (Lipinski definition) is 5. The van der Waals surface area contributed by atoms with Gasteiger partial charge in [0.1, 0.15) is 5.75 Å². The Morgan fingerprint density at radius 1 is 1.13 bits per heavy atom. The van der Waals surface area contributed by atoms with Crippen molar-refractivity contribution >= 4 is 27.6 Å². The van der Waals surface area contributed by atoms with E-state index in [0.29, 0.717) is 36.8 Å². The number of carboxylic acids is 1. The molecule has 2 rings (SSSR count). The van der Waals surface area contributed by atoms with Crippen LogP contribution in [0.3, 0.4) is 0 Å². The molecule has 2 aromatic rings. The predicted molar refractivity (Wildman–Crippen MR) is 115 cm³/mol. The van der Waals surface area contributed by atoms with Crippen LogP contribution in [0.1, 0.15) is 38.5 Å². The number of nitrogens with zero attached hydrogens (tertiary/aromatic N) is 1. The van der Waals surface area contributed by atoms with Crippen LogP contribution >= 0.6 is 11.6 Å². The van der Waals surface area contributed by atoms with Crippen molar-refractivity contribution in [2.24, 2.45) is 5.92 Å². The molecular formula is C21H27ClN2O5S. The Balaban J connectivity index is 1.73. The van der Waals surface area contributed by atoms with Crippen molar-refractivity contribution in [2.45, 2.75) is 43.4 Å². The number of aromatic nitrogens is 1. The molecule has 0 radical (unpaired) electrons.